The summed E-state index contributed by atoms with van der Waals surface area (Å²) in [5.74, 6) is 1.20. The molecule has 1 aromatic rings. The predicted molar refractivity (Wildman–Crippen MR) is 123 cm³/mol. The summed E-state index contributed by atoms with van der Waals surface area (Å²) in [7, 11) is 3.25. The lowest BCUT2D eigenvalue weighted by Gasteiger charge is -2.52. The fourth-order valence-electron chi connectivity index (χ4n) is 6.58. The molecule has 0 spiro atoms. The van der Waals surface area contributed by atoms with E-state index in [0.717, 1.165) is 29.5 Å². The summed E-state index contributed by atoms with van der Waals surface area (Å²) < 4.78 is 17.9. The second-order valence-electron chi connectivity index (χ2n) is 10.3. The molecule has 0 radical (unpaired) electrons. The first-order valence-electron chi connectivity index (χ1n) is 11.5. The number of hydrogen-bond donors (Lipinski definition) is 1. The van der Waals surface area contributed by atoms with Crippen LogP contribution in [0.3, 0.4) is 0 Å². The summed E-state index contributed by atoms with van der Waals surface area (Å²) in [5, 5.41) is 3.15. The van der Waals surface area contributed by atoms with Crippen molar-refractivity contribution in [3.8, 4) is 11.5 Å². The average Bonchev–Trinajstić information content (AvgIpc) is 3.00. The lowest BCUT2D eigenvalue weighted by atomic mass is 9.49. The zero-order chi connectivity index (χ0) is 23.4. The first-order valence-corrected chi connectivity index (χ1v) is 12.0. The standard InChI is InChI=1S/C25H34ClNO5/c1-13(2)14-12-15-17(20(31-6)19(14)30-5)25-10-7-9-24(3,4)22(25)21(32-23(25)29)18(15)27-16(28)8-11-26/h12-13,18,21-22H,7-11H2,1-6H3,(H,27,28). The third-order valence-electron chi connectivity index (χ3n) is 7.77. The van der Waals surface area contributed by atoms with Gasteiger partial charge in [-0.1, -0.05) is 34.1 Å². The highest BCUT2D eigenvalue weighted by Crippen LogP contribution is 2.66. The highest BCUT2D eigenvalue weighted by atomic mass is 35.5. The number of hydrogen-bond acceptors (Lipinski definition) is 5. The van der Waals surface area contributed by atoms with Gasteiger partial charge in [-0.3, -0.25) is 9.59 Å². The van der Waals surface area contributed by atoms with Gasteiger partial charge in [0.2, 0.25) is 5.91 Å². The molecule has 3 aliphatic rings. The molecule has 2 aliphatic carbocycles. The molecule has 32 heavy (non-hydrogen) atoms. The molecule has 176 valence electrons. The van der Waals surface area contributed by atoms with E-state index in [9.17, 15) is 9.59 Å². The van der Waals surface area contributed by atoms with Crippen molar-refractivity contribution in [3.05, 3.63) is 22.8 Å². The lowest BCUT2D eigenvalue weighted by Crippen LogP contribution is -2.56. The molecular weight excluding hydrogens is 430 g/mol. The van der Waals surface area contributed by atoms with Crippen LogP contribution in [0, 0.1) is 11.3 Å². The van der Waals surface area contributed by atoms with Crippen molar-refractivity contribution in [3.63, 3.8) is 0 Å². The molecule has 1 saturated heterocycles. The molecule has 6 nitrogen and oxygen atoms in total. The van der Waals surface area contributed by atoms with E-state index in [2.05, 4.69) is 39.1 Å². The fraction of sp³-hybridized carbons (Fsp3) is 0.680. The molecule has 1 N–H and O–H groups in total. The van der Waals surface area contributed by atoms with Crippen LogP contribution in [0.2, 0.25) is 0 Å². The van der Waals surface area contributed by atoms with Crippen molar-refractivity contribution in [1.29, 1.82) is 0 Å². The Balaban J connectivity index is 2.05. The summed E-state index contributed by atoms with van der Waals surface area (Å²) in [6.07, 6.45) is 2.39. The number of carbonyl (C=O) groups excluding carboxylic acids is 2. The van der Waals surface area contributed by atoms with Crippen molar-refractivity contribution >= 4 is 23.5 Å². The van der Waals surface area contributed by atoms with Crippen LogP contribution in [0.5, 0.6) is 11.5 Å². The van der Waals surface area contributed by atoms with Crippen molar-refractivity contribution in [2.75, 3.05) is 20.1 Å². The molecule has 2 fully saturated rings. The first-order chi connectivity index (χ1) is 15.1. The van der Waals surface area contributed by atoms with Crippen LogP contribution < -0.4 is 14.8 Å². The van der Waals surface area contributed by atoms with E-state index in [1.54, 1.807) is 14.2 Å². The molecule has 4 rings (SSSR count). The normalized spacial score (nSPS) is 29.8. The molecule has 1 amide bonds. The summed E-state index contributed by atoms with van der Waals surface area (Å²) in [6.45, 7) is 8.59. The molecule has 1 saturated carbocycles. The van der Waals surface area contributed by atoms with E-state index in [-0.39, 0.29) is 41.4 Å². The summed E-state index contributed by atoms with van der Waals surface area (Å²) in [4.78, 5) is 26.4. The van der Waals surface area contributed by atoms with Crippen LogP contribution in [0.1, 0.15) is 82.0 Å². The van der Waals surface area contributed by atoms with Gasteiger partial charge in [-0.05, 0) is 35.8 Å². The Morgan fingerprint density at radius 2 is 1.94 bits per heavy atom. The molecular formula is C25H34ClNO5. The monoisotopic (exact) mass is 463 g/mol. The van der Waals surface area contributed by atoms with Gasteiger partial charge in [0.05, 0.1) is 20.3 Å². The van der Waals surface area contributed by atoms with E-state index < -0.39 is 17.6 Å². The number of benzene rings is 1. The Morgan fingerprint density at radius 3 is 2.53 bits per heavy atom. The van der Waals surface area contributed by atoms with Crippen LogP contribution in [0.15, 0.2) is 6.07 Å². The molecule has 0 aromatic heterocycles. The quantitative estimate of drug-likeness (QED) is 0.492. The van der Waals surface area contributed by atoms with Crippen molar-refractivity contribution < 1.29 is 23.8 Å². The Morgan fingerprint density at radius 1 is 1.25 bits per heavy atom. The first kappa shape index (κ1) is 23.2. The molecule has 1 aromatic carbocycles. The second-order valence-corrected chi connectivity index (χ2v) is 10.7. The van der Waals surface area contributed by atoms with Gasteiger partial charge in [-0.15, -0.1) is 11.6 Å². The predicted octanol–water partition coefficient (Wildman–Crippen LogP) is 4.62. The Kier molecular flexibility index (Phi) is 5.89. The fourth-order valence-corrected chi connectivity index (χ4v) is 6.76. The van der Waals surface area contributed by atoms with Gasteiger partial charge < -0.3 is 19.5 Å². The molecule has 1 heterocycles. The van der Waals surface area contributed by atoms with E-state index >= 15 is 0 Å². The van der Waals surface area contributed by atoms with E-state index in [0.29, 0.717) is 17.9 Å². The third kappa shape index (κ3) is 3.12. The SMILES string of the molecule is COc1c(C(C)C)cc2c(c1OC)C13CCCC(C)(C)C1C(OC3=O)C2NC(=O)CCCl. The number of fused-ring (bicyclic) bond motifs is 1. The number of halogens is 1. The van der Waals surface area contributed by atoms with Gasteiger partial charge in [0.15, 0.2) is 11.5 Å². The summed E-state index contributed by atoms with van der Waals surface area (Å²) in [6, 6.07) is 1.63. The Hall–Kier alpha value is -1.95. The summed E-state index contributed by atoms with van der Waals surface area (Å²) in [5.41, 5.74) is 1.77. The van der Waals surface area contributed by atoms with Crippen LogP contribution in [-0.2, 0) is 19.7 Å². The van der Waals surface area contributed by atoms with Crippen molar-refractivity contribution in [2.45, 2.75) is 76.9 Å². The number of carbonyl (C=O) groups is 2. The molecule has 7 heteroatoms. The number of esters is 1. The van der Waals surface area contributed by atoms with Crippen molar-refractivity contribution in [2.24, 2.45) is 11.3 Å². The van der Waals surface area contributed by atoms with Gasteiger partial charge in [-0.2, -0.15) is 0 Å². The van der Waals surface area contributed by atoms with Crippen LogP contribution in [-0.4, -0.2) is 38.1 Å². The van der Waals surface area contributed by atoms with Gasteiger partial charge in [0.1, 0.15) is 11.5 Å². The van der Waals surface area contributed by atoms with Gasteiger partial charge in [0.25, 0.3) is 0 Å². The average molecular weight is 464 g/mol. The zero-order valence-corrected chi connectivity index (χ0v) is 20.6. The minimum Gasteiger partial charge on any atom is -0.493 e. The maximum absolute atomic E-state index is 13.7. The highest BCUT2D eigenvalue weighted by molar-refractivity contribution is 6.18. The minimum absolute atomic E-state index is 0.0754. The third-order valence-corrected chi connectivity index (χ3v) is 7.96. The lowest BCUT2D eigenvalue weighted by molar-refractivity contribution is -0.146. The van der Waals surface area contributed by atoms with E-state index in [4.69, 9.17) is 25.8 Å². The number of alkyl halides is 1. The number of ether oxygens (including phenoxy) is 3. The Bertz CT molecular complexity index is 943. The smallest absolute Gasteiger partial charge is 0.317 e. The molecule has 4 atom stereocenters. The molecule has 1 aliphatic heterocycles. The largest absolute Gasteiger partial charge is 0.493 e. The topological polar surface area (TPSA) is 73.9 Å². The van der Waals surface area contributed by atoms with Crippen LogP contribution in [0.25, 0.3) is 0 Å². The van der Waals surface area contributed by atoms with E-state index in [1.165, 1.54) is 0 Å². The van der Waals surface area contributed by atoms with E-state index in [1.807, 2.05) is 0 Å². The van der Waals surface area contributed by atoms with Crippen LogP contribution in [0.4, 0.5) is 0 Å². The number of rotatable bonds is 6. The molecule has 4 unspecified atom stereocenters. The summed E-state index contributed by atoms with van der Waals surface area (Å²) >= 11 is 5.84. The number of methoxy groups -OCH3 is 2. The highest BCUT2D eigenvalue weighted by Gasteiger charge is 2.70. The van der Waals surface area contributed by atoms with Crippen molar-refractivity contribution in [1.82, 2.24) is 5.32 Å². The Labute approximate surface area is 195 Å². The van der Waals surface area contributed by atoms with Gasteiger partial charge in [0, 0.05) is 29.3 Å². The maximum Gasteiger partial charge on any atom is 0.317 e. The number of amides is 1. The second kappa shape index (κ2) is 8.12. The number of nitrogens with one attached hydrogen (secondary N) is 1. The maximum atomic E-state index is 13.7. The zero-order valence-electron chi connectivity index (χ0n) is 19.8. The van der Waals surface area contributed by atoms with Gasteiger partial charge >= 0.3 is 5.97 Å². The van der Waals surface area contributed by atoms with Crippen LogP contribution >= 0.6 is 11.6 Å². The minimum atomic E-state index is -0.802. The van der Waals surface area contributed by atoms with Gasteiger partial charge in [-0.25, -0.2) is 0 Å². The molecule has 2 bridgehead atoms.